The Morgan fingerprint density at radius 3 is 2.26 bits per heavy atom. The van der Waals surface area contributed by atoms with E-state index in [1.54, 1.807) is 0 Å². The number of anilines is 1. The van der Waals surface area contributed by atoms with Crippen molar-refractivity contribution in [2.75, 3.05) is 77.4 Å². The first-order valence-electron chi connectivity index (χ1n) is 9.65. The molecule has 0 radical (unpaired) electrons. The lowest BCUT2D eigenvalue weighted by Gasteiger charge is -2.48. The standard InChI is InChI=1S/C19H29FN6.HI/c1-21-19(22-14-18-15-23-6-8-25(18)9-7-23)26-12-10-24(11-13-26)17-4-2-16(20)3-5-17;/h2-5,18H,6-15H2,1H3,(H,21,22);1H. The van der Waals surface area contributed by atoms with E-state index in [1.807, 2.05) is 19.2 Å². The van der Waals surface area contributed by atoms with Crippen molar-refractivity contribution < 1.29 is 4.39 Å². The highest BCUT2D eigenvalue weighted by Crippen LogP contribution is 2.17. The fraction of sp³-hybridized carbons (Fsp3) is 0.632. The van der Waals surface area contributed by atoms with Gasteiger partial charge in [-0.15, -0.1) is 24.0 Å². The molecule has 1 N–H and O–H groups in total. The molecule has 4 fully saturated rings. The molecule has 4 aliphatic heterocycles. The van der Waals surface area contributed by atoms with E-state index in [4.69, 9.17) is 0 Å². The van der Waals surface area contributed by atoms with Crippen molar-refractivity contribution in [1.82, 2.24) is 20.0 Å². The summed E-state index contributed by atoms with van der Waals surface area (Å²) < 4.78 is 13.1. The summed E-state index contributed by atoms with van der Waals surface area (Å²) in [6.07, 6.45) is 0. The lowest BCUT2D eigenvalue weighted by molar-refractivity contribution is 0.0152. The van der Waals surface area contributed by atoms with E-state index in [0.717, 1.165) is 44.4 Å². The Hall–Kier alpha value is -1.13. The molecule has 4 heterocycles. The topological polar surface area (TPSA) is 37.4 Å². The predicted octanol–water partition coefficient (Wildman–Crippen LogP) is 1.14. The molecular formula is C19H30FIN6. The minimum Gasteiger partial charge on any atom is -0.368 e. The molecule has 1 aromatic rings. The summed E-state index contributed by atoms with van der Waals surface area (Å²) in [5, 5.41) is 3.60. The molecule has 0 saturated carbocycles. The third-order valence-corrected chi connectivity index (χ3v) is 5.87. The third-order valence-electron chi connectivity index (χ3n) is 5.87. The average Bonchev–Trinajstić information content (AvgIpc) is 2.70. The molecule has 0 amide bonds. The second-order valence-corrected chi connectivity index (χ2v) is 7.37. The summed E-state index contributed by atoms with van der Waals surface area (Å²) in [4.78, 5) is 14.3. The van der Waals surface area contributed by atoms with Crippen LogP contribution in [0.1, 0.15) is 0 Å². The molecule has 0 aliphatic carbocycles. The molecule has 4 saturated heterocycles. The molecule has 1 aromatic carbocycles. The first-order chi connectivity index (χ1) is 12.7. The van der Waals surface area contributed by atoms with Crippen molar-refractivity contribution in [3.05, 3.63) is 30.1 Å². The van der Waals surface area contributed by atoms with E-state index in [1.165, 1.54) is 44.9 Å². The number of aliphatic imine (C=N–C) groups is 1. The number of nitrogens with zero attached hydrogens (tertiary/aromatic N) is 5. The molecule has 150 valence electrons. The van der Waals surface area contributed by atoms with Gasteiger partial charge in [0.05, 0.1) is 0 Å². The van der Waals surface area contributed by atoms with Crippen LogP contribution in [0.3, 0.4) is 0 Å². The highest BCUT2D eigenvalue weighted by molar-refractivity contribution is 14.0. The number of rotatable bonds is 3. The van der Waals surface area contributed by atoms with E-state index in [2.05, 4.69) is 29.9 Å². The zero-order valence-corrected chi connectivity index (χ0v) is 18.3. The number of benzene rings is 1. The first kappa shape index (κ1) is 20.6. The van der Waals surface area contributed by atoms with Gasteiger partial charge in [0.15, 0.2) is 5.96 Å². The molecular weight excluding hydrogens is 458 g/mol. The fourth-order valence-corrected chi connectivity index (χ4v) is 4.29. The van der Waals surface area contributed by atoms with Gasteiger partial charge in [0.2, 0.25) is 0 Å². The smallest absolute Gasteiger partial charge is 0.193 e. The van der Waals surface area contributed by atoms with Crippen molar-refractivity contribution in [3.63, 3.8) is 0 Å². The van der Waals surface area contributed by atoms with Crippen molar-refractivity contribution in [2.45, 2.75) is 6.04 Å². The fourth-order valence-electron chi connectivity index (χ4n) is 4.29. The molecule has 2 bridgehead atoms. The minimum atomic E-state index is -0.180. The number of hydrogen-bond acceptors (Lipinski definition) is 4. The third kappa shape index (κ3) is 4.83. The van der Waals surface area contributed by atoms with E-state index >= 15 is 0 Å². The second-order valence-electron chi connectivity index (χ2n) is 7.37. The summed E-state index contributed by atoms with van der Waals surface area (Å²) in [5.41, 5.74) is 1.09. The van der Waals surface area contributed by atoms with Crippen LogP contribution in [0, 0.1) is 5.82 Å². The van der Waals surface area contributed by atoms with Gasteiger partial charge in [0.1, 0.15) is 5.82 Å². The van der Waals surface area contributed by atoms with Gasteiger partial charge in [-0.25, -0.2) is 4.39 Å². The maximum atomic E-state index is 13.1. The minimum absolute atomic E-state index is 0. The summed E-state index contributed by atoms with van der Waals surface area (Å²) in [6.45, 7) is 10.7. The first-order valence-corrected chi connectivity index (χ1v) is 9.65. The normalized spacial score (nSPS) is 28.1. The molecule has 0 spiro atoms. The molecule has 4 aliphatic rings. The molecule has 5 rings (SSSR count). The Bertz CT molecular complexity index is 624. The maximum absolute atomic E-state index is 13.1. The Balaban J connectivity index is 0.00000210. The zero-order valence-electron chi connectivity index (χ0n) is 16.0. The van der Waals surface area contributed by atoms with Crippen molar-refractivity contribution >= 4 is 35.6 Å². The Labute approximate surface area is 178 Å². The largest absolute Gasteiger partial charge is 0.368 e. The van der Waals surface area contributed by atoms with Gasteiger partial charge < -0.3 is 15.1 Å². The molecule has 27 heavy (non-hydrogen) atoms. The lowest BCUT2D eigenvalue weighted by Crippen LogP contribution is -2.64. The Kier molecular flexibility index (Phi) is 7.16. The van der Waals surface area contributed by atoms with E-state index in [-0.39, 0.29) is 29.8 Å². The van der Waals surface area contributed by atoms with Gasteiger partial charge in [-0.3, -0.25) is 14.8 Å². The Morgan fingerprint density at radius 1 is 1.04 bits per heavy atom. The number of hydrogen-bond donors (Lipinski definition) is 1. The number of halogens is 2. The van der Waals surface area contributed by atoms with Crippen LogP contribution in [0.25, 0.3) is 0 Å². The van der Waals surface area contributed by atoms with Crippen molar-refractivity contribution in [3.8, 4) is 0 Å². The van der Waals surface area contributed by atoms with Crippen molar-refractivity contribution in [2.24, 2.45) is 4.99 Å². The molecule has 6 nitrogen and oxygen atoms in total. The number of guanidine groups is 1. The lowest BCUT2D eigenvalue weighted by atomic mass is 10.1. The highest BCUT2D eigenvalue weighted by atomic mass is 127. The van der Waals surface area contributed by atoms with Crippen LogP contribution in [0.2, 0.25) is 0 Å². The number of nitrogens with one attached hydrogen (secondary N) is 1. The van der Waals surface area contributed by atoms with Gasteiger partial charge in [0.25, 0.3) is 0 Å². The van der Waals surface area contributed by atoms with Crippen molar-refractivity contribution in [1.29, 1.82) is 0 Å². The summed E-state index contributed by atoms with van der Waals surface area (Å²) in [7, 11) is 1.87. The van der Waals surface area contributed by atoms with Crippen LogP contribution in [0.4, 0.5) is 10.1 Å². The van der Waals surface area contributed by atoms with Crippen LogP contribution < -0.4 is 10.2 Å². The van der Waals surface area contributed by atoms with Gasteiger partial charge in [-0.1, -0.05) is 0 Å². The van der Waals surface area contributed by atoms with Gasteiger partial charge in [-0.05, 0) is 24.3 Å². The quantitative estimate of drug-likeness (QED) is 0.393. The van der Waals surface area contributed by atoms with E-state index in [0.29, 0.717) is 6.04 Å². The Morgan fingerprint density at radius 2 is 1.70 bits per heavy atom. The molecule has 0 aromatic heterocycles. The SMILES string of the molecule is CN=C(NCC1CN2CCN1CC2)N1CCN(c2ccc(F)cc2)CC1.I. The second kappa shape index (κ2) is 9.38. The van der Waals surface area contributed by atoms with Crippen LogP contribution in [-0.2, 0) is 0 Å². The predicted molar refractivity (Wildman–Crippen MR) is 119 cm³/mol. The zero-order chi connectivity index (χ0) is 17.9. The summed E-state index contributed by atoms with van der Waals surface area (Å²) >= 11 is 0. The average molecular weight is 488 g/mol. The van der Waals surface area contributed by atoms with Crippen LogP contribution in [-0.4, -0.2) is 99.2 Å². The van der Waals surface area contributed by atoms with Gasteiger partial charge >= 0.3 is 0 Å². The van der Waals surface area contributed by atoms with Crippen LogP contribution >= 0.6 is 24.0 Å². The molecule has 8 heteroatoms. The maximum Gasteiger partial charge on any atom is 0.193 e. The number of fused-ring (bicyclic) bond motifs is 3. The van der Waals surface area contributed by atoms with Crippen LogP contribution in [0.5, 0.6) is 0 Å². The van der Waals surface area contributed by atoms with Gasteiger partial charge in [0, 0.05) is 84.2 Å². The molecule has 1 unspecified atom stereocenters. The molecule has 1 atom stereocenters. The van der Waals surface area contributed by atoms with Crippen LogP contribution in [0.15, 0.2) is 29.3 Å². The monoisotopic (exact) mass is 488 g/mol. The van der Waals surface area contributed by atoms with E-state index < -0.39 is 0 Å². The van der Waals surface area contributed by atoms with E-state index in [9.17, 15) is 4.39 Å². The summed E-state index contributed by atoms with van der Waals surface area (Å²) in [6, 6.07) is 7.38. The number of piperazine rings is 4. The highest BCUT2D eigenvalue weighted by Gasteiger charge is 2.32. The van der Waals surface area contributed by atoms with Gasteiger partial charge in [-0.2, -0.15) is 0 Å². The summed E-state index contributed by atoms with van der Waals surface area (Å²) in [5.74, 6) is 0.821.